The summed E-state index contributed by atoms with van der Waals surface area (Å²) in [6, 6.07) is 6.91. The number of ether oxygens (including phenoxy) is 6. The minimum absolute atomic E-state index is 0.364. The number of nitrogens with zero attached hydrogens (tertiary/aromatic N) is 1. The number of carbonyl (C=O) groups is 2. The van der Waals surface area contributed by atoms with E-state index < -0.39 is 5.60 Å². The number of rotatable bonds is 17. The first kappa shape index (κ1) is 27.8. The largest absolute Gasteiger partial charge is 0.491 e. The third-order valence-electron chi connectivity index (χ3n) is 3.90. The molecule has 0 aliphatic heterocycles. The van der Waals surface area contributed by atoms with Crippen LogP contribution in [0.1, 0.15) is 31.1 Å². The van der Waals surface area contributed by atoms with Crippen LogP contribution in [0.4, 0.5) is 4.79 Å². The SMILES string of the molecule is CN(CCOCCOCCOCCOCCOc1ccc(C=O)cc1)C(=O)OC(C)(C)C. The van der Waals surface area contributed by atoms with Crippen molar-refractivity contribution in [3.63, 3.8) is 0 Å². The van der Waals surface area contributed by atoms with Crippen LogP contribution in [-0.4, -0.2) is 95.9 Å². The molecule has 0 radical (unpaired) electrons. The van der Waals surface area contributed by atoms with Gasteiger partial charge in [0.15, 0.2) is 0 Å². The number of hydrogen-bond acceptors (Lipinski definition) is 8. The van der Waals surface area contributed by atoms with E-state index in [2.05, 4.69) is 0 Å². The third-order valence-corrected chi connectivity index (χ3v) is 3.90. The average Bonchev–Trinajstić information content (AvgIpc) is 2.75. The van der Waals surface area contributed by atoms with Gasteiger partial charge in [-0.1, -0.05) is 0 Å². The van der Waals surface area contributed by atoms with Crippen LogP contribution in [0, 0.1) is 0 Å². The molecule has 0 saturated carbocycles. The van der Waals surface area contributed by atoms with E-state index in [9.17, 15) is 9.59 Å². The maximum Gasteiger partial charge on any atom is 0.410 e. The van der Waals surface area contributed by atoms with Crippen LogP contribution in [0.15, 0.2) is 24.3 Å². The van der Waals surface area contributed by atoms with Gasteiger partial charge in [-0.05, 0) is 45.0 Å². The van der Waals surface area contributed by atoms with E-state index in [4.69, 9.17) is 28.4 Å². The lowest BCUT2D eigenvalue weighted by molar-refractivity contribution is -0.00780. The smallest absolute Gasteiger partial charge is 0.410 e. The number of hydrogen-bond donors (Lipinski definition) is 0. The van der Waals surface area contributed by atoms with E-state index in [0.29, 0.717) is 77.3 Å². The normalized spacial score (nSPS) is 11.2. The standard InChI is InChI=1S/C23H37NO8/c1-23(2,3)32-22(26)24(4)9-10-27-11-12-28-13-14-29-15-16-30-17-18-31-21-7-5-20(19-25)6-8-21/h5-8,19H,9-18H2,1-4H3. The molecular weight excluding hydrogens is 418 g/mol. The molecule has 0 unspecified atom stereocenters. The highest BCUT2D eigenvalue weighted by Crippen LogP contribution is 2.11. The Labute approximate surface area is 190 Å². The molecule has 32 heavy (non-hydrogen) atoms. The molecular formula is C23H37NO8. The molecule has 0 aromatic heterocycles. The van der Waals surface area contributed by atoms with Gasteiger partial charge in [0.1, 0.15) is 24.2 Å². The topological polar surface area (TPSA) is 92.8 Å². The fraction of sp³-hybridized carbons (Fsp3) is 0.652. The third kappa shape index (κ3) is 14.7. The van der Waals surface area contributed by atoms with Crippen molar-refractivity contribution in [2.75, 3.05) is 73.1 Å². The second-order valence-corrected chi connectivity index (χ2v) is 7.89. The second-order valence-electron chi connectivity index (χ2n) is 7.89. The van der Waals surface area contributed by atoms with E-state index in [-0.39, 0.29) is 6.09 Å². The molecule has 0 fully saturated rings. The van der Waals surface area contributed by atoms with Crippen LogP contribution in [0.3, 0.4) is 0 Å². The van der Waals surface area contributed by atoms with Gasteiger partial charge in [0.25, 0.3) is 0 Å². The first-order chi connectivity index (χ1) is 15.3. The fourth-order valence-corrected chi connectivity index (χ4v) is 2.26. The Morgan fingerprint density at radius 2 is 1.28 bits per heavy atom. The molecule has 0 aliphatic rings. The van der Waals surface area contributed by atoms with Crippen LogP contribution in [0.5, 0.6) is 5.75 Å². The first-order valence-electron chi connectivity index (χ1n) is 10.7. The summed E-state index contributed by atoms with van der Waals surface area (Å²) < 4.78 is 32.5. The van der Waals surface area contributed by atoms with Crippen molar-refractivity contribution in [3.05, 3.63) is 29.8 Å². The zero-order valence-corrected chi connectivity index (χ0v) is 19.7. The van der Waals surface area contributed by atoms with E-state index in [0.717, 1.165) is 6.29 Å². The molecule has 0 spiro atoms. The lowest BCUT2D eigenvalue weighted by Gasteiger charge is -2.24. The van der Waals surface area contributed by atoms with E-state index in [1.54, 1.807) is 31.3 Å². The Balaban J connectivity index is 1.83. The Hall–Kier alpha value is -2.20. The molecule has 1 aromatic carbocycles. The lowest BCUT2D eigenvalue weighted by atomic mass is 10.2. The Morgan fingerprint density at radius 3 is 1.75 bits per heavy atom. The maximum absolute atomic E-state index is 11.8. The summed E-state index contributed by atoms with van der Waals surface area (Å²) in [5.41, 5.74) is 0.111. The highest BCUT2D eigenvalue weighted by Gasteiger charge is 2.19. The quantitative estimate of drug-likeness (QED) is 0.262. The first-order valence-corrected chi connectivity index (χ1v) is 10.7. The van der Waals surface area contributed by atoms with Gasteiger partial charge in [-0.15, -0.1) is 0 Å². The Morgan fingerprint density at radius 1 is 0.812 bits per heavy atom. The van der Waals surface area contributed by atoms with Gasteiger partial charge >= 0.3 is 6.09 Å². The average molecular weight is 456 g/mol. The molecule has 182 valence electrons. The van der Waals surface area contributed by atoms with Gasteiger partial charge in [0, 0.05) is 19.2 Å². The van der Waals surface area contributed by atoms with Crippen LogP contribution >= 0.6 is 0 Å². The molecule has 1 aromatic rings. The molecule has 0 saturated heterocycles. The van der Waals surface area contributed by atoms with E-state index in [1.165, 1.54) is 4.90 Å². The van der Waals surface area contributed by atoms with Gasteiger partial charge < -0.3 is 33.3 Å². The van der Waals surface area contributed by atoms with Crippen LogP contribution in [0.2, 0.25) is 0 Å². The highest BCUT2D eigenvalue weighted by atomic mass is 16.6. The van der Waals surface area contributed by atoms with Gasteiger partial charge in [0.2, 0.25) is 0 Å². The van der Waals surface area contributed by atoms with Gasteiger partial charge in [-0.25, -0.2) is 4.79 Å². The molecule has 0 heterocycles. The van der Waals surface area contributed by atoms with Gasteiger partial charge in [-0.2, -0.15) is 0 Å². The van der Waals surface area contributed by atoms with Crippen LogP contribution in [-0.2, 0) is 23.7 Å². The summed E-state index contributed by atoms with van der Waals surface area (Å²) in [6.45, 7) is 10.1. The van der Waals surface area contributed by atoms with Crippen molar-refractivity contribution < 1.29 is 38.0 Å². The lowest BCUT2D eigenvalue weighted by Crippen LogP contribution is -2.36. The monoisotopic (exact) mass is 455 g/mol. The van der Waals surface area contributed by atoms with E-state index >= 15 is 0 Å². The van der Waals surface area contributed by atoms with Gasteiger partial charge in [0.05, 0.1) is 52.9 Å². The van der Waals surface area contributed by atoms with Crippen molar-refractivity contribution >= 4 is 12.4 Å². The van der Waals surface area contributed by atoms with Crippen molar-refractivity contribution in [2.24, 2.45) is 0 Å². The molecule has 1 amide bonds. The van der Waals surface area contributed by atoms with Gasteiger partial charge in [-0.3, -0.25) is 4.79 Å². The van der Waals surface area contributed by atoms with Crippen molar-refractivity contribution in [2.45, 2.75) is 26.4 Å². The zero-order valence-electron chi connectivity index (χ0n) is 19.7. The minimum Gasteiger partial charge on any atom is -0.491 e. The number of aldehydes is 1. The fourth-order valence-electron chi connectivity index (χ4n) is 2.26. The summed E-state index contributed by atoms with van der Waals surface area (Å²) >= 11 is 0. The summed E-state index contributed by atoms with van der Waals surface area (Å²) in [4.78, 5) is 23.9. The second kappa shape index (κ2) is 16.4. The van der Waals surface area contributed by atoms with Crippen LogP contribution < -0.4 is 4.74 Å². The molecule has 0 aliphatic carbocycles. The summed E-state index contributed by atoms with van der Waals surface area (Å²) in [5, 5.41) is 0. The number of likely N-dealkylation sites (N-methyl/N-ethyl adjacent to an activating group) is 1. The van der Waals surface area contributed by atoms with Crippen molar-refractivity contribution in [1.29, 1.82) is 0 Å². The molecule has 0 atom stereocenters. The number of carbonyl (C=O) groups excluding carboxylic acids is 2. The summed E-state index contributed by atoms with van der Waals surface area (Å²) in [7, 11) is 1.68. The highest BCUT2D eigenvalue weighted by molar-refractivity contribution is 5.74. The molecule has 9 heteroatoms. The van der Waals surface area contributed by atoms with Crippen LogP contribution in [0.25, 0.3) is 0 Å². The summed E-state index contributed by atoms with van der Waals surface area (Å²) in [5.74, 6) is 0.701. The Kier molecular flexibility index (Phi) is 14.3. The predicted molar refractivity (Wildman–Crippen MR) is 119 cm³/mol. The minimum atomic E-state index is -0.505. The molecule has 0 N–H and O–H groups in total. The number of amides is 1. The van der Waals surface area contributed by atoms with E-state index in [1.807, 2.05) is 20.8 Å². The van der Waals surface area contributed by atoms with Crippen molar-refractivity contribution in [3.8, 4) is 5.75 Å². The number of benzene rings is 1. The molecule has 9 nitrogen and oxygen atoms in total. The zero-order chi connectivity index (χ0) is 23.7. The predicted octanol–water partition coefficient (Wildman–Crippen LogP) is 2.81. The summed E-state index contributed by atoms with van der Waals surface area (Å²) in [6.07, 6.45) is 0.429. The maximum atomic E-state index is 11.8. The molecule has 0 bridgehead atoms. The Bertz CT molecular complexity index is 630. The molecule has 1 rings (SSSR count). The van der Waals surface area contributed by atoms with Crippen molar-refractivity contribution in [1.82, 2.24) is 4.90 Å².